The lowest BCUT2D eigenvalue weighted by molar-refractivity contribution is -0.117. The van der Waals surface area contributed by atoms with Gasteiger partial charge >= 0.3 is 5.97 Å². The third-order valence-corrected chi connectivity index (χ3v) is 7.59. The second kappa shape index (κ2) is 12.2. The number of amides is 2. The number of nitriles is 1. The molecule has 1 unspecified atom stereocenters. The highest BCUT2D eigenvalue weighted by atomic mass is 35.5. The molecular formula is C28H21Cl2N3O4S. The Morgan fingerprint density at radius 3 is 2.39 bits per heavy atom. The third-order valence-electron chi connectivity index (χ3n) is 5.58. The summed E-state index contributed by atoms with van der Waals surface area (Å²) >= 11 is 13.2. The lowest BCUT2D eigenvalue weighted by Crippen LogP contribution is -2.30. The molecule has 38 heavy (non-hydrogen) atoms. The first-order valence-corrected chi connectivity index (χ1v) is 13.2. The minimum absolute atomic E-state index is 0.210. The molecule has 1 fully saturated rings. The number of carbonyl (C=O) groups excluding carboxylic acids is 3. The fraction of sp³-hybridized carbons (Fsp3) is 0.143. The van der Waals surface area contributed by atoms with Crippen molar-refractivity contribution in [3.63, 3.8) is 0 Å². The van der Waals surface area contributed by atoms with Gasteiger partial charge in [-0.25, -0.2) is 4.79 Å². The van der Waals surface area contributed by atoms with Crippen molar-refractivity contribution in [2.24, 2.45) is 0 Å². The van der Waals surface area contributed by atoms with E-state index in [4.69, 9.17) is 27.9 Å². The Morgan fingerprint density at radius 2 is 1.76 bits per heavy atom. The van der Waals surface area contributed by atoms with Crippen molar-refractivity contribution in [2.45, 2.75) is 18.6 Å². The molecule has 3 aromatic rings. The van der Waals surface area contributed by atoms with Crippen LogP contribution in [-0.4, -0.2) is 29.6 Å². The Labute approximate surface area is 234 Å². The molecule has 1 N–H and O–H groups in total. The number of rotatable bonds is 7. The number of nitrogens with zero attached hydrogens (tertiary/aromatic N) is 2. The minimum Gasteiger partial charge on any atom is -0.462 e. The number of carbonyl (C=O) groups is 3. The Hall–Kier alpha value is -3.77. The molecule has 0 radical (unpaired) electrons. The molecule has 0 spiro atoms. The van der Waals surface area contributed by atoms with Crippen LogP contribution in [0.25, 0.3) is 0 Å². The summed E-state index contributed by atoms with van der Waals surface area (Å²) in [5.41, 5.74) is 1.92. The van der Waals surface area contributed by atoms with Gasteiger partial charge in [-0.05, 0) is 61.4 Å². The van der Waals surface area contributed by atoms with E-state index in [0.29, 0.717) is 28.4 Å². The summed E-state index contributed by atoms with van der Waals surface area (Å²) in [4.78, 5) is 40.1. The van der Waals surface area contributed by atoms with Crippen LogP contribution in [0.5, 0.6) is 0 Å². The van der Waals surface area contributed by atoms with Crippen molar-refractivity contribution >= 4 is 64.1 Å². The molecule has 7 nitrogen and oxygen atoms in total. The van der Waals surface area contributed by atoms with Gasteiger partial charge in [-0.3, -0.25) is 14.5 Å². The van der Waals surface area contributed by atoms with Crippen LogP contribution in [0.3, 0.4) is 0 Å². The predicted molar refractivity (Wildman–Crippen MR) is 149 cm³/mol. The first kappa shape index (κ1) is 27.3. The second-order valence-corrected chi connectivity index (χ2v) is 10.1. The van der Waals surface area contributed by atoms with Crippen LogP contribution in [0.2, 0.25) is 10.0 Å². The van der Waals surface area contributed by atoms with Crippen LogP contribution >= 0.6 is 35.0 Å². The molecule has 10 heteroatoms. The minimum atomic E-state index is -0.679. The van der Waals surface area contributed by atoms with Crippen LogP contribution in [-0.2, 0) is 20.7 Å². The first-order chi connectivity index (χ1) is 18.3. The van der Waals surface area contributed by atoms with Gasteiger partial charge in [0.25, 0.3) is 5.91 Å². The number of hydrogen-bond donors (Lipinski definition) is 1. The van der Waals surface area contributed by atoms with E-state index in [1.54, 1.807) is 61.5 Å². The molecule has 1 atom stereocenters. The number of anilines is 2. The van der Waals surface area contributed by atoms with Gasteiger partial charge in [0.15, 0.2) is 0 Å². The molecule has 3 aromatic carbocycles. The average Bonchev–Trinajstić information content (AvgIpc) is 3.22. The van der Waals surface area contributed by atoms with Crippen molar-refractivity contribution in [1.29, 1.82) is 5.26 Å². The van der Waals surface area contributed by atoms with E-state index < -0.39 is 17.1 Å². The van der Waals surface area contributed by atoms with Crippen LogP contribution in [0, 0.1) is 11.3 Å². The van der Waals surface area contributed by atoms with Crippen molar-refractivity contribution in [3.8, 4) is 6.07 Å². The number of nitrogens with one attached hydrogen (secondary N) is 1. The van der Waals surface area contributed by atoms with Gasteiger partial charge < -0.3 is 10.1 Å². The molecule has 0 bridgehead atoms. The summed E-state index contributed by atoms with van der Waals surface area (Å²) in [5, 5.41) is 12.8. The first-order valence-electron chi connectivity index (χ1n) is 11.5. The Bertz CT molecular complexity index is 1450. The van der Waals surface area contributed by atoms with Gasteiger partial charge in [0.05, 0.1) is 27.5 Å². The number of para-hydroxylation sites is 1. The zero-order valence-electron chi connectivity index (χ0n) is 20.1. The highest BCUT2D eigenvalue weighted by Crippen LogP contribution is 2.42. The van der Waals surface area contributed by atoms with Crippen LogP contribution in [0.15, 0.2) is 83.4 Å². The molecule has 1 aliphatic heterocycles. The zero-order chi connectivity index (χ0) is 27.2. The van der Waals surface area contributed by atoms with E-state index in [9.17, 15) is 19.6 Å². The molecule has 0 aromatic heterocycles. The van der Waals surface area contributed by atoms with Gasteiger partial charge in [-0.1, -0.05) is 65.3 Å². The molecule has 1 aliphatic rings. The van der Waals surface area contributed by atoms with E-state index in [2.05, 4.69) is 5.32 Å². The summed E-state index contributed by atoms with van der Waals surface area (Å²) in [6.45, 7) is 2.01. The van der Waals surface area contributed by atoms with E-state index in [0.717, 1.165) is 17.3 Å². The van der Waals surface area contributed by atoms with Crippen molar-refractivity contribution in [3.05, 3.63) is 105 Å². The smallest absolute Gasteiger partial charge is 0.338 e. The molecule has 1 saturated heterocycles. The highest BCUT2D eigenvalue weighted by Gasteiger charge is 2.40. The van der Waals surface area contributed by atoms with Gasteiger partial charge in [-0.15, -0.1) is 0 Å². The maximum absolute atomic E-state index is 13.6. The Balaban J connectivity index is 1.65. The Morgan fingerprint density at radius 1 is 1.05 bits per heavy atom. The summed E-state index contributed by atoms with van der Waals surface area (Å²) in [6.07, 6.45) is 0.326. The third kappa shape index (κ3) is 6.03. The molecule has 0 aliphatic carbocycles. The van der Waals surface area contributed by atoms with Crippen molar-refractivity contribution in [1.82, 2.24) is 0 Å². The lowest BCUT2D eigenvalue weighted by atomic mass is 10.1. The summed E-state index contributed by atoms with van der Waals surface area (Å²) in [6, 6.07) is 22.2. The normalized spacial score (nSPS) is 16.1. The quantitative estimate of drug-likeness (QED) is 0.207. The standard InChI is InChI=1S/C28H21Cl2N3O4S/c1-2-37-28(36)18-10-8-17(9-11-18)14-24-26(35)33(20-6-4-3-5-7-20)27(38-24)21(16-31)25(34)32-19-12-13-22(29)23(30)15-19/h3-13,15,24H,2,14H2,1H3,(H,32,34)/b27-21-. The zero-order valence-corrected chi connectivity index (χ0v) is 22.4. The van der Waals surface area contributed by atoms with Crippen LogP contribution in [0.1, 0.15) is 22.8 Å². The fourth-order valence-electron chi connectivity index (χ4n) is 3.77. The highest BCUT2D eigenvalue weighted by molar-refractivity contribution is 8.05. The van der Waals surface area contributed by atoms with E-state index in [1.807, 2.05) is 12.1 Å². The van der Waals surface area contributed by atoms with Gasteiger partial charge in [-0.2, -0.15) is 5.26 Å². The Kier molecular flexibility index (Phi) is 8.74. The number of esters is 1. The van der Waals surface area contributed by atoms with Crippen LogP contribution in [0.4, 0.5) is 11.4 Å². The molecule has 2 amide bonds. The number of halogens is 2. The van der Waals surface area contributed by atoms with Crippen LogP contribution < -0.4 is 10.2 Å². The predicted octanol–water partition coefficient (Wildman–Crippen LogP) is 6.24. The molecule has 1 heterocycles. The molecule has 192 valence electrons. The fourth-order valence-corrected chi connectivity index (χ4v) is 5.38. The molecule has 4 rings (SSSR count). The SMILES string of the molecule is CCOC(=O)c1ccc(CC2S/C(=C(/C#N)C(=O)Nc3ccc(Cl)c(Cl)c3)N(c3ccccc3)C2=O)cc1. The van der Waals surface area contributed by atoms with E-state index in [-0.39, 0.29) is 28.1 Å². The summed E-state index contributed by atoms with van der Waals surface area (Å²) < 4.78 is 5.02. The average molecular weight is 566 g/mol. The number of hydrogen-bond acceptors (Lipinski definition) is 6. The largest absolute Gasteiger partial charge is 0.462 e. The monoisotopic (exact) mass is 565 g/mol. The summed E-state index contributed by atoms with van der Waals surface area (Å²) in [7, 11) is 0. The second-order valence-electron chi connectivity index (χ2n) is 8.11. The van der Waals surface area contributed by atoms with Crippen molar-refractivity contribution < 1.29 is 19.1 Å². The lowest BCUT2D eigenvalue weighted by Gasteiger charge is -2.18. The molecular weight excluding hydrogens is 545 g/mol. The summed E-state index contributed by atoms with van der Waals surface area (Å²) in [5.74, 6) is -1.36. The molecule has 0 saturated carbocycles. The number of ether oxygens (including phenoxy) is 1. The number of benzene rings is 3. The number of thioether (sulfide) groups is 1. The van der Waals surface area contributed by atoms with Gasteiger partial charge in [0.2, 0.25) is 5.91 Å². The van der Waals surface area contributed by atoms with Crippen molar-refractivity contribution in [2.75, 3.05) is 16.8 Å². The topological polar surface area (TPSA) is 99.5 Å². The maximum Gasteiger partial charge on any atom is 0.338 e. The van der Waals surface area contributed by atoms with E-state index in [1.165, 1.54) is 17.0 Å². The van der Waals surface area contributed by atoms with E-state index >= 15 is 0 Å². The maximum atomic E-state index is 13.6. The van der Waals surface area contributed by atoms with Gasteiger partial charge in [0, 0.05) is 11.4 Å². The van der Waals surface area contributed by atoms with Gasteiger partial charge in [0.1, 0.15) is 16.7 Å².